The quantitative estimate of drug-likeness (QED) is 0.315. The Morgan fingerprint density at radius 2 is 2.12 bits per heavy atom. The van der Waals surface area contributed by atoms with Crippen molar-refractivity contribution in [1.29, 1.82) is 0 Å². The summed E-state index contributed by atoms with van der Waals surface area (Å²) in [4.78, 5) is 0. The molecule has 3 heteroatoms. The summed E-state index contributed by atoms with van der Waals surface area (Å²) in [6.07, 6.45) is 9.29. The summed E-state index contributed by atoms with van der Waals surface area (Å²) >= 11 is 0. The molecule has 2 heterocycles. The van der Waals surface area contributed by atoms with Gasteiger partial charge in [0.15, 0.2) is 0 Å². The summed E-state index contributed by atoms with van der Waals surface area (Å²) in [6, 6.07) is 6.21. The van der Waals surface area contributed by atoms with Crippen LogP contribution in [-0.2, 0) is 11.2 Å². The average molecular weight is 359 g/mol. The third-order valence-corrected chi connectivity index (χ3v) is 5.50. The maximum absolute atomic E-state index is 5.97. The summed E-state index contributed by atoms with van der Waals surface area (Å²) in [5, 5.41) is 0. The van der Waals surface area contributed by atoms with Crippen LogP contribution in [-0.4, -0.2) is 23.9 Å². The normalized spacial score (nSPS) is 26.3. The van der Waals surface area contributed by atoms with Crippen molar-refractivity contribution in [3.05, 3.63) is 35.4 Å². The van der Waals surface area contributed by atoms with Crippen LogP contribution in [0.15, 0.2) is 29.8 Å². The molecule has 2 unspecified atom stereocenters. The van der Waals surface area contributed by atoms with Crippen LogP contribution in [0.1, 0.15) is 72.3 Å². The number of hydrogen-bond acceptors (Lipinski definition) is 3. The number of allylic oxidation sites excluding steroid dienone is 1. The van der Waals surface area contributed by atoms with Gasteiger partial charge in [0.25, 0.3) is 0 Å². The van der Waals surface area contributed by atoms with Crippen LogP contribution in [0, 0.1) is 0 Å². The first-order valence-electron chi connectivity index (χ1n) is 10.1. The molecule has 0 amide bonds. The third-order valence-electron chi connectivity index (χ3n) is 5.50. The zero-order valence-corrected chi connectivity index (χ0v) is 17.1. The Balaban J connectivity index is 1.37. The van der Waals surface area contributed by atoms with E-state index in [0.717, 1.165) is 37.2 Å². The van der Waals surface area contributed by atoms with Gasteiger partial charge in [0.2, 0.25) is 0 Å². The lowest BCUT2D eigenvalue weighted by molar-refractivity contribution is 0.138. The van der Waals surface area contributed by atoms with Crippen LogP contribution in [0.2, 0.25) is 0 Å². The molecule has 144 valence electrons. The first-order valence-corrected chi connectivity index (χ1v) is 10.1. The second-order valence-electron chi connectivity index (χ2n) is 8.70. The highest BCUT2D eigenvalue weighted by Crippen LogP contribution is 2.43. The zero-order chi connectivity index (χ0) is 18.8. The van der Waals surface area contributed by atoms with Gasteiger partial charge >= 0.3 is 0 Å². The predicted molar refractivity (Wildman–Crippen MR) is 106 cm³/mol. The van der Waals surface area contributed by atoms with E-state index >= 15 is 0 Å². The molecule has 1 saturated heterocycles. The van der Waals surface area contributed by atoms with Crippen LogP contribution < -0.4 is 9.47 Å². The molecule has 1 fully saturated rings. The van der Waals surface area contributed by atoms with Crippen LogP contribution >= 0.6 is 0 Å². The Morgan fingerprint density at radius 3 is 2.88 bits per heavy atom. The van der Waals surface area contributed by atoms with Crippen molar-refractivity contribution >= 4 is 0 Å². The van der Waals surface area contributed by atoms with Gasteiger partial charge in [-0.1, -0.05) is 31.1 Å². The van der Waals surface area contributed by atoms with E-state index < -0.39 is 0 Å². The molecule has 1 aromatic rings. The first kappa shape index (κ1) is 19.3. The average Bonchev–Trinajstić information content (AvgIpc) is 3.09. The van der Waals surface area contributed by atoms with E-state index in [4.69, 9.17) is 14.2 Å². The molecular weight excluding hydrogens is 324 g/mol. The van der Waals surface area contributed by atoms with E-state index in [1.165, 1.54) is 24.0 Å². The molecule has 0 aliphatic carbocycles. The Morgan fingerprint density at radius 1 is 1.31 bits per heavy atom. The molecule has 0 spiro atoms. The van der Waals surface area contributed by atoms with Gasteiger partial charge in [-0.2, -0.15) is 0 Å². The van der Waals surface area contributed by atoms with Crippen molar-refractivity contribution in [3.8, 4) is 11.5 Å². The number of rotatable bonds is 9. The molecule has 0 bridgehead atoms. The number of ether oxygens (including phenoxy) is 3. The summed E-state index contributed by atoms with van der Waals surface area (Å²) < 4.78 is 17.7. The van der Waals surface area contributed by atoms with E-state index in [1.54, 1.807) is 0 Å². The van der Waals surface area contributed by atoms with Crippen molar-refractivity contribution in [2.24, 2.45) is 0 Å². The zero-order valence-electron chi connectivity index (χ0n) is 17.1. The van der Waals surface area contributed by atoms with Crippen molar-refractivity contribution < 1.29 is 14.2 Å². The summed E-state index contributed by atoms with van der Waals surface area (Å²) in [6.45, 7) is 11.6. The Labute approximate surface area is 158 Å². The lowest BCUT2D eigenvalue weighted by Crippen LogP contribution is -2.24. The monoisotopic (exact) mass is 358 g/mol. The van der Waals surface area contributed by atoms with E-state index in [2.05, 4.69) is 52.8 Å². The molecule has 3 nitrogen and oxygen atoms in total. The fraction of sp³-hybridized carbons (Fsp3) is 0.652. The van der Waals surface area contributed by atoms with Crippen LogP contribution in [0.3, 0.4) is 0 Å². The predicted octanol–water partition coefficient (Wildman–Crippen LogP) is 5.85. The molecule has 0 radical (unpaired) electrons. The number of benzene rings is 1. The minimum atomic E-state index is -0.0979. The summed E-state index contributed by atoms with van der Waals surface area (Å²) in [5.74, 6) is 1.87. The van der Waals surface area contributed by atoms with Gasteiger partial charge in [-0.05, 0) is 65.0 Å². The Hall–Kier alpha value is -1.48. The molecule has 2 atom stereocenters. The highest BCUT2D eigenvalue weighted by molar-refractivity contribution is 5.44. The topological polar surface area (TPSA) is 31.0 Å². The molecule has 2 aliphatic rings. The minimum Gasteiger partial charge on any atom is -0.493 e. The molecular formula is C23H34O3. The van der Waals surface area contributed by atoms with Crippen LogP contribution in [0.5, 0.6) is 11.5 Å². The molecule has 0 N–H and O–H groups in total. The maximum atomic E-state index is 5.97. The Kier molecular flexibility index (Phi) is 5.67. The highest BCUT2D eigenvalue weighted by atomic mass is 16.6. The standard InChI is InChI=1S/C23H34O3/c1-6-13-23(5)21(26-23)12-9-17(2)8-7-14-24-19-11-10-18-16-22(3,4)25-20(18)15-19/h8,10-11,15,21H,6-7,9,12-14,16H2,1-5H3. The SMILES string of the molecule is CCCC1(C)OC1CCC(C)=CCCOc1ccc2c(c1)OC(C)(C)C2. The maximum Gasteiger partial charge on any atom is 0.127 e. The van der Waals surface area contributed by atoms with Gasteiger partial charge < -0.3 is 14.2 Å². The van der Waals surface area contributed by atoms with Crippen molar-refractivity contribution in [1.82, 2.24) is 0 Å². The van der Waals surface area contributed by atoms with Gasteiger partial charge in [0.1, 0.15) is 17.1 Å². The first-order chi connectivity index (χ1) is 12.3. The van der Waals surface area contributed by atoms with Gasteiger partial charge in [-0.15, -0.1) is 0 Å². The highest BCUT2D eigenvalue weighted by Gasteiger charge is 2.50. The van der Waals surface area contributed by atoms with Crippen LogP contribution in [0.4, 0.5) is 0 Å². The summed E-state index contributed by atoms with van der Waals surface area (Å²) in [7, 11) is 0. The Bertz CT molecular complexity index is 661. The minimum absolute atomic E-state index is 0.0979. The van der Waals surface area contributed by atoms with E-state index in [-0.39, 0.29) is 11.2 Å². The summed E-state index contributed by atoms with van der Waals surface area (Å²) in [5.41, 5.74) is 2.76. The second kappa shape index (κ2) is 7.64. The van der Waals surface area contributed by atoms with Crippen LogP contribution in [0.25, 0.3) is 0 Å². The molecule has 2 aliphatic heterocycles. The molecule has 26 heavy (non-hydrogen) atoms. The molecule has 1 aromatic carbocycles. The number of epoxide rings is 1. The molecule has 3 rings (SSSR count). The number of fused-ring (bicyclic) bond motifs is 1. The van der Waals surface area contributed by atoms with E-state index in [1.807, 2.05) is 6.07 Å². The van der Waals surface area contributed by atoms with Crippen molar-refractivity contribution in [3.63, 3.8) is 0 Å². The van der Waals surface area contributed by atoms with Gasteiger partial charge in [0.05, 0.1) is 18.3 Å². The van der Waals surface area contributed by atoms with Crippen molar-refractivity contribution in [2.45, 2.75) is 90.4 Å². The lowest BCUT2D eigenvalue weighted by atomic mass is 9.97. The van der Waals surface area contributed by atoms with Gasteiger partial charge in [0, 0.05) is 12.5 Å². The third kappa shape index (κ3) is 4.82. The van der Waals surface area contributed by atoms with Gasteiger partial charge in [-0.25, -0.2) is 0 Å². The van der Waals surface area contributed by atoms with E-state index in [0.29, 0.717) is 12.7 Å². The molecule has 0 aromatic heterocycles. The van der Waals surface area contributed by atoms with Crippen molar-refractivity contribution in [2.75, 3.05) is 6.61 Å². The second-order valence-corrected chi connectivity index (χ2v) is 8.70. The molecule has 0 saturated carbocycles. The van der Waals surface area contributed by atoms with Gasteiger partial charge in [-0.3, -0.25) is 0 Å². The fourth-order valence-electron chi connectivity index (χ4n) is 3.97. The number of hydrogen-bond donors (Lipinski definition) is 0. The lowest BCUT2D eigenvalue weighted by Gasteiger charge is -2.16. The smallest absolute Gasteiger partial charge is 0.127 e. The fourth-order valence-corrected chi connectivity index (χ4v) is 3.97. The largest absolute Gasteiger partial charge is 0.493 e. The van der Waals surface area contributed by atoms with E-state index in [9.17, 15) is 0 Å².